The Balaban J connectivity index is 0.000000134. The van der Waals surface area contributed by atoms with E-state index in [9.17, 15) is 0 Å². The summed E-state index contributed by atoms with van der Waals surface area (Å²) in [5, 5.41) is 13.1. The third-order valence-electron chi connectivity index (χ3n) is 26.6. The summed E-state index contributed by atoms with van der Waals surface area (Å²) in [6.07, 6.45) is 0. The van der Waals surface area contributed by atoms with Gasteiger partial charge in [-0.3, -0.25) is 0 Å². The van der Waals surface area contributed by atoms with E-state index in [1.807, 2.05) is 41.7 Å². The second-order valence-electron chi connectivity index (χ2n) is 33.1. The Labute approximate surface area is 734 Å². The summed E-state index contributed by atoms with van der Waals surface area (Å²) in [4.78, 5) is 27.0. The summed E-state index contributed by atoms with van der Waals surface area (Å²) in [6.45, 7) is 0. The van der Waals surface area contributed by atoms with Crippen LogP contribution in [-0.4, -0.2) is 19.9 Å². The van der Waals surface area contributed by atoms with E-state index in [0.29, 0.717) is 0 Å². The third-order valence-corrected chi connectivity index (χ3v) is 30.1. The normalized spacial score (nSPS) is 13.3. The second kappa shape index (κ2) is 28.3. The standard InChI is InChI=1S/C64H39NS.C54H31N3S2/c1-3-17-40(18-4-1)41-31-33-42(34-32-41)61-47-22-7-9-24-49(47)62(50-25-10-8-23-48(50)61)44-35-36-46-51-39-57-52(38-53(51)63(65-58(46)37-44)43-19-5-2-6-20-43)45-21-11-12-26-54(45)64(57)55-27-13-15-29-59(55)66-60-30-16-14-28-56(60)64;1-3-15-32(16-4-1)49-40-30-39-35-19-7-9-21-41(35)54(42-22-10-13-25-47(42)58-48-26-14-11-23-43(48)54)44(39)31-38(40)36-28-27-34(29-45(36)55-49)50-52-51(37-20-8-12-24-46(37)59-52)57-53(56-50)33-17-5-2-6-18-33/h1-39H;1-31H. The van der Waals surface area contributed by atoms with Gasteiger partial charge in [0, 0.05) is 73.5 Å². The highest BCUT2D eigenvalue weighted by atomic mass is 32.2. The van der Waals surface area contributed by atoms with Gasteiger partial charge in [0.1, 0.15) is 0 Å². The maximum absolute atomic E-state index is 5.67. The Hall–Kier alpha value is -15.0. The molecule has 0 saturated carbocycles. The van der Waals surface area contributed by atoms with Crippen molar-refractivity contribution in [2.45, 2.75) is 30.4 Å². The Kier molecular flexibility index (Phi) is 16.2. The Bertz CT molecular complexity index is 8330. The van der Waals surface area contributed by atoms with E-state index in [1.54, 1.807) is 11.3 Å². The zero-order valence-electron chi connectivity index (χ0n) is 67.4. The van der Waals surface area contributed by atoms with Gasteiger partial charge >= 0.3 is 0 Å². The lowest BCUT2D eigenvalue weighted by molar-refractivity contribution is 0.723. The van der Waals surface area contributed by atoms with Crippen LogP contribution in [0, 0.1) is 0 Å². The molecule has 27 rings (SSSR count). The molecule has 0 amide bonds. The molecule has 2 spiro atoms. The van der Waals surface area contributed by atoms with E-state index in [-0.39, 0.29) is 0 Å². The van der Waals surface area contributed by atoms with Crippen molar-refractivity contribution in [1.82, 2.24) is 19.9 Å². The van der Waals surface area contributed by atoms with Crippen LogP contribution in [0.1, 0.15) is 44.5 Å². The molecule has 0 N–H and O–H groups in total. The van der Waals surface area contributed by atoms with Gasteiger partial charge in [-0.15, -0.1) is 11.3 Å². The summed E-state index contributed by atoms with van der Waals surface area (Å²) in [5.41, 5.74) is 32.2. The van der Waals surface area contributed by atoms with Crippen LogP contribution in [-0.2, 0) is 10.8 Å². The molecule has 23 aromatic rings. The Morgan fingerprint density at radius 3 is 1.02 bits per heavy atom. The third kappa shape index (κ3) is 10.8. The molecule has 4 aliphatic rings. The molecular weight excluding hydrogens is 1570 g/mol. The van der Waals surface area contributed by atoms with Crippen molar-refractivity contribution >= 4 is 120 Å². The topological polar surface area (TPSA) is 51.6 Å². The molecule has 6 heterocycles. The van der Waals surface area contributed by atoms with Crippen molar-refractivity contribution in [3.8, 4) is 101 Å². The molecule has 7 heteroatoms. The lowest BCUT2D eigenvalue weighted by Gasteiger charge is -2.39. The number of rotatable bonds is 7. The van der Waals surface area contributed by atoms with Gasteiger partial charge in [-0.2, -0.15) is 0 Å². The average molecular weight is 1640 g/mol. The maximum atomic E-state index is 5.67. The van der Waals surface area contributed by atoms with Crippen molar-refractivity contribution in [2.24, 2.45) is 0 Å². The van der Waals surface area contributed by atoms with E-state index in [4.69, 9.17) is 19.9 Å². The molecule has 125 heavy (non-hydrogen) atoms. The summed E-state index contributed by atoms with van der Waals surface area (Å²) >= 11 is 5.52. The van der Waals surface area contributed by atoms with Crippen molar-refractivity contribution in [2.75, 3.05) is 0 Å². The fourth-order valence-electron chi connectivity index (χ4n) is 21.3. The Morgan fingerprint density at radius 1 is 0.192 bits per heavy atom. The van der Waals surface area contributed by atoms with Crippen LogP contribution >= 0.6 is 34.9 Å². The number of pyridine rings is 2. The minimum Gasteiger partial charge on any atom is -0.247 e. The van der Waals surface area contributed by atoms with E-state index in [2.05, 4.69) is 406 Å². The maximum Gasteiger partial charge on any atom is 0.160 e. The van der Waals surface area contributed by atoms with Crippen LogP contribution in [0.25, 0.3) is 186 Å². The minimum atomic E-state index is -0.470. The van der Waals surface area contributed by atoms with Crippen molar-refractivity contribution in [3.63, 3.8) is 0 Å². The van der Waals surface area contributed by atoms with E-state index < -0.39 is 10.8 Å². The highest BCUT2D eigenvalue weighted by molar-refractivity contribution is 7.99. The van der Waals surface area contributed by atoms with Gasteiger partial charge in [-0.25, -0.2) is 19.9 Å². The van der Waals surface area contributed by atoms with Crippen LogP contribution in [0.5, 0.6) is 0 Å². The molecule has 0 unspecified atom stereocenters. The number of nitrogens with zero attached hydrogens (tertiary/aromatic N) is 4. The van der Waals surface area contributed by atoms with Crippen molar-refractivity contribution in [3.05, 3.63) is 469 Å². The first-order valence-electron chi connectivity index (χ1n) is 42.7. The van der Waals surface area contributed by atoms with Crippen LogP contribution in [0.2, 0.25) is 0 Å². The minimum absolute atomic E-state index is 0.470. The molecule has 0 atom stereocenters. The van der Waals surface area contributed by atoms with Gasteiger partial charge in [0.25, 0.3) is 0 Å². The van der Waals surface area contributed by atoms with Crippen LogP contribution in [0.15, 0.2) is 444 Å². The molecule has 0 radical (unpaired) electrons. The number of hydrogen-bond acceptors (Lipinski definition) is 7. The van der Waals surface area contributed by atoms with Crippen molar-refractivity contribution in [1.29, 1.82) is 0 Å². The lowest BCUT2D eigenvalue weighted by Crippen LogP contribution is -2.31. The highest BCUT2D eigenvalue weighted by Gasteiger charge is 2.52. The molecule has 580 valence electrons. The molecule has 0 saturated heterocycles. The first-order chi connectivity index (χ1) is 62.0. The zero-order chi connectivity index (χ0) is 82.0. The van der Waals surface area contributed by atoms with Gasteiger partial charge in [-0.1, -0.05) is 381 Å². The molecule has 0 fully saturated rings. The smallest absolute Gasteiger partial charge is 0.160 e. The molecule has 19 aromatic carbocycles. The van der Waals surface area contributed by atoms with Gasteiger partial charge in [0.05, 0.1) is 49.2 Å². The summed E-state index contributed by atoms with van der Waals surface area (Å²) < 4.78 is 2.28. The van der Waals surface area contributed by atoms with Crippen LogP contribution in [0.4, 0.5) is 0 Å². The van der Waals surface area contributed by atoms with E-state index in [0.717, 1.165) is 98.9 Å². The number of benzene rings is 19. The average Bonchev–Trinajstić information content (AvgIpc) is 1.53. The fourth-order valence-corrected chi connectivity index (χ4v) is 24.9. The van der Waals surface area contributed by atoms with Gasteiger partial charge in [-0.05, 0) is 199 Å². The quantitative estimate of drug-likeness (QED) is 0.117. The first kappa shape index (κ1) is 71.7. The van der Waals surface area contributed by atoms with Gasteiger partial charge in [0.15, 0.2) is 5.82 Å². The number of fused-ring (bicyclic) bond motifs is 29. The zero-order valence-corrected chi connectivity index (χ0v) is 69.9. The predicted molar refractivity (Wildman–Crippen MR) is 523 cm³/mol. The van der Waals surface area contributed by atoms with E-state index in [1.165, 1.54) is 151 Å². The molecule has 0 bridgehead atoms. The lowest BCUT2D eigenvalue weighted by atomic mass is 9.67. The molecule has 4 aromatic heterocycles. The molecular formula is C118H70N4S3. The van der Waals surface area contributed by atoms with Crippen molar-refractivity contribution < 1.29 is 0 Å². The first-order valence-corrected chi connectivity index (χ1v) is 45.2. The van der Waals surface area contributed by atoms with Crippen LogP contribution < -0.4 is 0 Å². The highest BCUT2D eigenvalue weighted by Crippen LogP contribution is 2.66. The molecule has 4 nitrogen and oxygen atoms in total. The van der Waals surface area contributed by atoms with Gasteiger partial charge in [0.2, 0.25) is 0 Å². The number of aromatic nitrogens is 4. The predicted octanol–water partition coefficient (Wildman–Crippen LogP) is 31.6. The Morgan fingerprint density at radius 2 is 0.544 bits per heavy atom. The number of hydrogen-bond donors (Lipinski definition) is 0. The SMILES string of the molecule is c1ccc(-c2ccc(-c3c4ccccc4c(-c4ccc5c(c4)nc(-c4ccccc4)c4cc6c(cc45)C4(c5ccccc5Sc5ccccc54)c4ccccc4-6)c4ccccc34)cc2)cc1.c1ccc(-c2nc(-c3ccc4c(c3)nc(-c3ccccc3)c3cc5c(cc34)C3(c4ccccc4Sc4ccccc43)c3ccccc3-5)c3sc4ccccc4c3n2)cc1. The fraction of sp³-hybridized carbons (Fsp3) is 0.0169. The monoisotopic (exact) mass is 1640 g/mol. The molecule has 2 aliphatic heterocycles. The number of thiophene rings is 1. The van der Waals surface area contributed by atoms with Crippen LogP contribution in [0.3, 0.4) is 0 Å². The summed E-state index contributed by atoms with van der Waals surface area (Å²) in [5.74, 6) is 0.722. The second-order valence-corrected chi connectivity index (χ2v) is 36.3. The van der Waals surface area contributed by atoms with Gasteiger partial charge < -0.3 is 0 Å². The molecule has 2 aliphatic carbocycles. The summed E-state index contributed by atoms with van der Waals surface area (Å²) in [6, 6.07) is 156. The largest absolute Gasteiger partial charge is 0.247 e. The summed E-state index contributed by atoms with van der Waals surface area (Å²) in [7, 11) is 0. The van der Waals surface area contributed by atoms with E-state index >= 15 is 0 Å².